The van der Waals surface area contributed by atoms with Crippen LogP contribution in [0.4, 0.5) is 0 Å². The van der Waals surface area contributed by atoms with Gasteiger partial charge in [-0.25, -0.2) is 0 Å². The van der Waals surface area contributed by atoms with Crippen LogP contribution in [0.25, 0.3) is 55.6 Å². The minimum absolute atomic E-state index is 1.20. The van der Waals surface area contributed by atoms with Gasteiger partial charge in [-0.2, -0.15) is 0 Å². The first-order chi connectivity index (χ1) is 21.4. The van der Waals surface area contributed by atoms with Crippen LogP contribution in [0.1, 0.15) is 0 Å². The van der Waals surface area contributed by atoms with Gasteiger partial charge in [-0.3, -0.25) is 0 Å². The molecule has 7 aromatic rings. The Labute approximate surface area is 258 Å². The van der Waals surface area contributed by atoms with E-state index < -0.39 is 0 Å². The molecule has 0 fully saturated rings. The standard InChI is InChI=1S/C42H30S/c1-7-19-31(20-8-1)37-38(32-21-9-2-10-22-32)40(34-25-13-4-14-26-34)42(43-36-29-17-6-18-30-36)41(35-27-15-5-16-28-35)39(37)33-23-11-3-12-24-33/h1-30H. The molecular formula is C42H30S. The van der Waals surface area contributed by atoms with Crippen LogP contribution in [-0.2, 0) is 0 Å². The highest BCUT2D eigenvalue weighted by molar-refractivity contribution is 7.99. The molecule has 0 unspecified atom stereocenters. The largest absolute Gasteiger partial charge is 0.0887 e. The van der Waals surface area contributed by atoms with Gasteiger partial charge in [0.15, 0.2) is 0 Å². The first-order valence-corrected chi connectivity index (χ1v) is 15.4. The summed E-state index contributed by atoms with van der Waals surface area (Å²) < 4.78 is 0. The van der Waals surface area contributed by atoms with Crippen LogP contribution in [0.15, 0.2) is 192 Å². The summed E-state index contributed by atoms with van der Waals surface area (Å²) in [6, 6.07) is 65.3. The Morgan fingerprint density at radius 3 is 0.767 bits per heavy atom. The van der Waals surface area contributed by atoms with Gasteiger partial charge in [0.2, 0.25) is 0 Å². The first-order valence-electron chi connectivity index (χ1n) is 14.6. The van der Waals surface area contributed by atoms with Crippen molar-refractivity contribution in [1.82, 2.24) is 0 Å². The monoisotopic (exact) mass is 566 g/mol. The molecule has 0 atom stereocenters. The lowest BCUT2D eigenvalue weighted by Crippen LogP contribution is -2.01. The van der Waals surface area contributed by atoms with Crippen LogP contribution in [-0.4, -0.2) is 0 Å². The van der Waals surface area contributed by atoms with E-state index in [4.69, 9.17) is 0 Å². The van der Waals surface area contributed by atoms with Gasteiger partial charge in [0.1, 0.15) is 0 Å². The highest BCUT2D eigenvalue weighted by atomic mass is 32.2. The average molecular weight is 567 g/mol. The van der Waals surface area contributed by atoms with Crippen LogP contribution in [0.2, 0.25) is 0 Å². The molecule has 0 heterocycles. The van der Waals surface area contributed by atoms with Crippen LogP contribution in [0.3, 0.4) is 0 Å². The van der Waals surface area contributed by atoms with Crippen molar-refractivity contribution in [3.63, 3.8) is 0 Å². The SMILES string of the molecule is c1ccc(Sc2c(-c3ccccc3)c(-c3ccccc3)c(-c3ccccc3)c(-c3ccccc3)c2-c2ccccc2)cc1. The molecule has 0 aliphatic rings. The molecule has 0 aliphatic heterocycles. The van der Waals surface area contributed by atoms with Gasteiger partial charge in [0.05, 0.1) is 0 Å². The normalized spacial score (nSPS) is 10.9. The molecule has 0 aliphatic carbocycles. The van der Waals surface area contributed by atoms with E-state index in [1.807, 2.05) is 11.8 Å². The molecule has 0 saturated heterocycles. The van der Waals surface area contributed by atoms with Crippen LogP contribution >= 0.6 is 11.8 Å². The van der Waals surface area contributed by atoms with E-state index in [0.717, 1.165) is 0 Å². The summed E-state index contributed by atoms with van der Waals surface area (Å²) in [6.07, 6.45) is 0. The van der Waals surface area contributed by atoms with Gasteiger partial charge in [-0.15, -0.1) is 0 Å². The van der Waals surface area contributed by atoms with E-state index in [1.165, 1.54) is 65.4 Å². The third-order valence-electron chi connectivity index (χ3n) is 7.73. The van der Waals surface area contributed by atoms with E-state index >= 15 is 0 Å². The van der Waals surface area contributed by atoms with Crippen molar-refractivity contribution in [3.8, 4) is 55.6 Å². The quantitative estimate of drug-likeness (QED) is 0.185. The molecule has 0 N–H and O–H groups in total. The van der Waals surface area contributed by atoms with Gasteiger partial charge in [0, 0.05) is 20.9 Å². The highest BCUT2D eigenvalue weighted by Gasteiger charge is 2.28. The summed E-state index contributed by atoms with van der Waals surface area (Å²) in [6.45, 7) is 0. The van der Waals surface area contributed by atoms with E-state index in [9.17, 15) is 0 Å². The maximum absolute atomic E-state index is 2.25. The molecule has 0 saturated carbocycles. The second-order valence-electron chi connectivity index (χ2n) is 10.4. The molecule has 0 aromatic heterocycles. The first kappa shape index (κ1) is 26.8. The number of rotatable bonds is 7. The lowest BCUT2D eigenvalue weighted by molar-refractivity contribution is 1.39. The van der Waals surface area contributed by atoms with Crippen molar-refractivity contribution in [2.75, 3.05) is 0 Å². The Bertz CT molecular complexity index is 1830. The molecule has 1 heteroatoms. The molecule has 204 valence electrons. The topological polar surface area (TPSA) is 0 Å². The Kier molecular flexibility index (Phi) is 7.72. The zero-order valence-electron chi connectivity index (χ0n) is 23.7. The van der Waals surface area contributed by atoms with Crippen molar-refractivity contribution in [1.29, 1.82) is 0 Å². The molecular weight excluding hydrogens is 537 g/mol. The zero-order valence-corrected chi connectivity index (χ0v) is 24.5. The predicted molar refractivity (Wildman–Crippen MR) is 184 cm³/mol. The Morgan fingerprint density at radius 1 is 0.233 bits per heavy atom. The number of hydrogen-bond donors (Lipinski definition) is 0. The molecule has 7 rings (SSSR count). The second-order valence-corrected chi connectivity index (χ2v) is 11.5. The summed E-state index contributed by atoms with van der Waals surface area (Å²) >= 11 is 1.85. The predicted octanol–water partition coefficient (Wildman–Crippen LogP) is 12.2. The van der Waals surface area contributed by atoms with Crippen molar-refractivity contribution in [2.24, 2.45) is 0 Å². The fraction of sp³-hybridized carbons (Fsp3) is 0. The minimum atomic E-state index is 1.20. The van der Waals surface area contributed by atoms with Crippen molar-refractivity contribution < 1.29 is 0 Å². The van der Waals surface area contributed by atoms with Crippen molar-refractivity contribution in [2.45, 2.75) is 9.79 Å². The smallest absolute Gasteiger partial charge is 0.0292 e. The van der Waals surface area contributed by atoms with Crippen LogP contribution < -0.4 is 0 Å². The summed E-state index contributed by atoms with van der Waals surface area (Å²) in [5.41, 5.74) is 12.2. The summed E-state index contributed by atoms with van der Waals surface area (Å²) in [5.74, 6) is 0. The van der Waals surface area contributed by atoms with Gasteiger partial charge < -0.3 is 0 Å². The van der Waals surface area contributed by atoms with Crippen LogP contribution in [0.5, 0.6) is 0 Å². The Balaban J connectivity index is 1.76. The molecule has 0 amide bonds. The lowest BCUT2D eigenvalue weighted by atomic mass is 9.78. The number of benzene rings is 7. The Hall–Kier alpha value is -5.11. The molecule has 0 bridgehead atoms. The molecule has 0 spiro atoms. The highest BCUT2D eigenvalue weighted by Crippen LogP contribution is 2.56. The zero-order chi connectivity index (χ0) is 28.8. The van der Waals surface area contributed by atoms with Gasteiger partial charge >= 0.3 is 0 Å². The minimum Gasteiger partial charge on any atom is -0.0887 e. The van der Waals surface area contributed by atoms with Crippen molar-refractivity contribution >= 4 is 11.8 Å². The third kappa shape index (κ3) is 5.44. The molecule has 0 radical (unpaired) electrons. The van der Waals surface area contributed by atoms with Crippen molar-refractivity contribution in [3.05, 3.63) is 182 Å². The van der Waals surface area contributed by atoms with Gasteiger partial charge in [-0.1, -0.05) is 182 Å². The molecule has 7 aromatic carbocycles. The fourth-order valence-electron chi connectivity index (χ4n) is 5.88. The maximum Gasteiger partial charge on any atom is 0.0292 e. The number of hydrogen-bond acceptors (Lipinski definition) is 1. The van der Waals surface area contributed by atoms with E-state index in [0.29, 0.717) is 0 Å². The lowest BCUT2D eigenvalue weighted by Gasteiger charge is -2.28. The van der Waals surface area contributed by atoms with Crippen LogP contribution in [0, 0.1) is 0 Å². The summed E-state index contributed by atoms with van der Waals surface area (Å²) in [5, 5.41) is 0. The van der Waals surface area contributed by atoms with E-state index in [-0.39, 0.29) is 0 Å². The second kappa shape index (κ2) is 12.4. The van der Waals surface area contributed by atoms with E-state index in [1.54, 1.807) is 0 Å². The fourth-order valence-corrected chi connectivity index (χ4v) is 7.05. The average Bonchev–Trinajstić information content (AvgIpc) is 3.10. The summed E-state index contributed by atoms with van der Waals surface area (Å²) in [4.78, 5) is 2.46. The maximum atomic E-state index is 2.25. The van der Waals surface area contributed by atoms with Gasteiger partial charge in [0.25, 0.3) is 0 Å². The molecule has 43 heavy (non-hydrogen) atoms. The van der Waals surface area contributed by atoms with Gasteiger partial charge in [-0.05, 0) is 56.6 Å². The molecule has 0 nitrogen and oxygen atoms in total. The third-order valence-corrected chi connectivity index (χ3v) is 8.85. The summed E-state index contributed by atoms with van der Waals surface area (Å²) in [7, 11) is 0. The Morgan fingerprint density at radius 2 is 0.465 bits per heavy atom. The van der Waals surface area contributed by atoms with E-state index in [2.05, 4.69) is 182 Å².